The Morgan fingerprint density at radius 3 is 2.70 bits per heavy atom. The van der Waals surface area contributed by atoms with E-state index in [1.807, 2.05) is 24.0 Å². The van der Waals surface area contributed by atoms with Crippen LogP contribution in [0.5, 0.6) is 0 Å². The molecule has 4 rings (SSSR count). The van der Waals surface area contributed by atoms with Crippen LogP contribution in [0.3, 0.4) is 0 Å². The first kappa shape index (κ1) is 18.3. The predicted molar refractivity (Wildman–Crippen MR) is 103 cm³/mol. The molecule has 0 aromatic carbocycles. The number of hydrogen-bond donors (Lipinski definition) is 0. The van der Waals surface area contributed by atoms with Gasteiger partial charge in [0.25, 0.3) is 5.91 Å². The number of carbonyl (C=O) groups is 1. The number of likely N-dealkylation sites (tertiary alicyclic amines) is 1. The molecule has 2 aliphatic rings. The van der Waals surface area contributed by atoms with Gasteiger partial charge < -0.3 is 19.0 Å². The van der Waals surface area contributed by atoms with Gasteiger partial charge in [-0.15, -0.1) is 0 Å². The van der Waals surface area contributed by atoms with Crippen LogP contribution in [-0.4, -0.2) is 60.2 Å². The molecule has 1 amide bonds. The number of aryl methyl sites for hydroxylation is 1. The Bertz CT molecular complexity index is 798. The lowest BCUT2D eigenvalue weighted by Gasteiger charge is -2.28. The van der Waals surface area contributed by atoms with Crippen molar-refractivity contribution in [3.8, 4) is 0 Å². The van der Waals surface area contributed by atoms with Gasteiger partial charge in [-0.3, -0.25) is 4.79 Å². The minimum absolute atomic E-state index is 0.00911. The zero-order valence-corrected chi connectivity index (χ0v) is 16.3. The molecule has 4 heterocycles. The molecule has 0 N–H and O–H groups in total. The Hall–Kier alpha value is -2.06. The lowest BCUT2D eigenvalue weighted by Crippen LogP contribution is -2.36. The molecular formula is C19H24N4O3S. The van der Waals surface area contributed by atoms with Crippen molar-refractivity contribution in [2.45, 2.75) is 30.7 Å². The second-order valence-electron chi connectivity index (χ2n) is 6.80. The van der Waals surface area contributed by atoms with E-state index in [1.54, 1.807) is 6.07 Å². The van der Waals surface area contributed by atoms with Gasteiger partial charge in [-0.1, -0.05) is 11.8 Å². The standard InChI is InChI=1S/C19H24N4O3S/c1-14-12-17(22-8-10-25-11-9-22)21-19(20-14)27-13-15-4-5-16(26-15)18(24)23-6-2-3-7-23/h4-5,12H,2-3,6-11,13H2,1H3. The number of nitrogens with zero attached hydrogens (tertiary/aromatic N) is 4. The van der Waals surface area contributed by atoms with E-state index < -0.39 is 0 Å². The summed E-state index contributed by atoms with van der Waals surface area (Å²) in [6.07, 6.45) is 2.15. The predicted octanol–water partition coefficient (Wildman–Crippen LogP) is 2.74. The molecule has 0 spiro atoms. The highest BCUT2D eigenvalue weighted by atomic mass is 32.2. The Kier molecular flexibility index (Phi) is 5.63. The molecule has 144 valence electrons. The van der Waals surface area contributed by atoms with Gasteiger partial charge in [-0.2, -0.15) is 0 Å². The number of thioether (sulfide) groups is 1. The number of furan rings is 1. The molecule has 27 heavy (non-hydrogen) atoms. The topological polar surface area (TPSA) is 71.7 Å². The van der Waals surface area contributed by atoms with Gasteiger partial charge in [0.05, 0.1) is 19.0 Å². The fraction of sp³-hybridized carbons (Fsp3) is 0.526. The number of morpholine rings is 1. The molecule has 0 saturated carbocycles. The molecule has 0 unspecified atom stereocenters. The van der Waals surface area contributed by atoms with Gasteiger partial charge in [-0.25, -0.2) is 9.97 Å². The summed E-state index contributed by atoms with van der Waals surface area (Å²) in [5.41, 5.74) is 0.943. The van der Waals surface area contributed by atoms with Gasteiger partial charge in [0.1, 0.15) is 11.6 Å². The zero-order valence-electron chi connectivity index (χ0n) is 15.5. The Labute approximate surface area is 163 Å². The number of anilines is 1. The number of aromatic nitrogens is 2. The highest BCUT2D eigenvalue weighted by Gasteiger charge is 2.22. The first-order chi connectivity index (χ1) is 13.2. The van der Waals surface area contributed by atoms with Crippen LogP contribution < -0.4 is 4.90 Å². The molecule has 0 radical (unpaired) electrons. The van der Waals surface area contributed by atoms with Crippen molar-refractivity contribution in [2.75, 3.05) is 44.3 Å². The van der Waals surface area contributed by atoms with Gasteiger partial charge in [-0.05, 0) is 31.9 Å². The van der Waals surface area contributed by atoms with E-state index in [0.29, 0.717) is 11.5 Å². The summed E-state index contributed by atoms with van der Waals surface area (Å²) in [5, 5.41) is 0.723. The summed E-state index contributed by atoms with van der Waals surface area (Å²) >= 11 is 1.52. The summed E-state index contributed by atoms with van der Waals surface area (Å²) in [7, 11) is 0. The van der Waals surface area contributed by atoms with Crippen LogP contribution in [0.1, 0.15) is 34.9 Å². The van der Waals surface area contributed by atoms with E-state index in [1.165, 1.54) is 11.8 Å². The Balaban J connectivity index is 1.40. The van der Waals surface area contributed by atoms with Gasteiger partial charge in [0.2, 0.25) is 0 Å². The van der Waals surface area contributed by atoms with Gasteiger partial charge in [0.15, 0.2) is 10.9 Å². The van der Waals surface area contributed by atoms with E-state index in [0.717, 1.165) is 74.7 Å². The number of carbonyl (C=O) groups excluding carboxylic acids is 1. The van der Waals surface area contributed by atoms with Crippen molar-refractivity contribution in [3.05, 3.63) is 35.4 Å². The van der Waals surface area contributed by atoms with Crippen LogP contribution in [0.15, 0.2) is 27.8 Å². The smallest absolute Gasteiger partial charge is 0.289 e. The molecule has 2 aromatic heterocycles. The van der Waals surface area contributed by atoms with Crippen molar-refractivity contribution in [3.63, 3.8) is 0 Å². The largest absolute Gasteiger partial charge is 0.455 e. The molecule has 0 atom stereocenters. The maximum absolute atomic E-state index is 12.4. The first-order valence-corrected chi connectivity index (χ1v) is 10.4. The van der Waals surface area contributed by atoms with Crippen LogP contribution >= 0.6 is 11.8 Å². The molecular weight excluding hydrogens is 364 g/mol. The van der Waals surface area contributed by atoms with Crippen molar-refractivity contribution in [2.24, 2.45) is 0 Å². The minimum Gasteiger partial charge on any atom is -0.455 e. The molecule has 2 fully saturated rings. The second kappa shape index (κ2) is 8.31. The van der Waals surface area contributed by atoms with Gasteiger partial charge >= 0.3 is 0 Å². The third-order valence-electron chi connectivity index (χ3n) is 4.76. The van der Waals surface area contributed by atoms with Gasteiger partial charge in [0, 0.05) is 37.9 Å². The molecule has 8 heteroatoms. The highest BCUT2D eigenvalue weighted by Crippen LogP contribution is 2.25. The average molecular weight is 388 g/mol. The summed E-state index contributed by atoms with van der Waals surface area (Å²) in [6, 6.07) is 5.65. The summed E-state index contributed by atoms with van der Waals surface area (Å²) in [6.45, 7) is 6.78. The Morgan fingerprint density at radius 1 is 1.15 bits per heavy atom. The monoisotopic (exact) mass is 388 g/mol. The minimum atomic E-state index is -0.00911. The Morgan fingerprint density at radius 2 is 1.93 bits per heavy atom. The SMILES string of the molecule is Cc1cc(N2CCOCC2)nc(SCc2ccc(C(=O)N3CCCC3)o2)n1. The average Bonchev–Trinajstić information content (AvgIpc) is 3.38. The van der Waals surface area contributed by atoms with E-state index in [-0.39, 0.29) is 5.91 Å². The summed E-state index contributed by atoms with van der Waals surface area (Å²) in [5.74, 6) is 2.72. The molecule has 0 aliphatic carbocycles. The fourth-order valence-electron chi connectivity index (χ4n) is 3.33. The number of ether oxygens (including phenoxy) is 1. The molecule has 7 nitrogen and oxygen atoms in total. The molecule has 0 bridgehead atoms. The zero-order chi connectivity index (χ0) is 18.6. The lowest BCUT2D eigenvalue weighted by atomic mass is 10.3. The summed E-state index contributed by atoms with van der Waals surface area (Å²) < 4.78 is 11.2. The van der Waals surface area contributed by atoms with E-state index in [9.17, 15) is 4.79 Å². The maximum atomic E-state index is 12.4. The third-order valence-corrected chi connectivity index (χ3v) is 5.63. The van der Waals surface area contributed by atoms with E-state index in [4.69, 9.17) is 9.15 Å². The van der Waals surface area contributed by atoms with Crippen LogP contribution in [0, 0.1) is 6.92 Å². The van der Waals surface area contributed by atoms with Crippen LogP contribution in [0.4, 0.5) is 5.82 Å². The maximum Gasteiger partial charge on any atom is 0.289 e. The second-order valence-corrected chi connectivity index (χ2v) is 7.75. The summed E-state index contributed by atoms with van der Waals surface area (Å²) in [4.78, 5) is 25.7. The van der Waals surface area contributed by atoms with Crippen molar-refractivity contribution < 1.29 is 13.9 Å². The molecule has 2 aliphatic heterocycles. The van der Waals surface area contributed by atoms with E-state index in [2.05, 4.69) is 14.9 Å². The lowest BCUT2D eigenvalue weighted by molar-refractivity contribution is 0.0760. The van der Waals surface area contributed by atoms with Crippen molar-refractivity contribution >= 4 is 23.5 Å². The number of rotatable bonds is 5. The third kappa shape index (κ3) is 4.44. The van der Waals surface area contributed by atoms with Crippen LogP contribution in [-0.2, 0) is 10.5 Å². The first-order valence-electron chi connectivity index (χ1n) is 9.38. The molecule has 2 saturated heterocycles. The quantitative estimate of drug-likeness (QED) is 0.576. The number of amides is 1. The van der Waals surface area contributed by atoms with Crippen LogP contribution in [0.25, 0.3) is 0 Å². The molecule has 2 aromatic rings. The fourth-order valence-corrected chi connectivity index (χ4v) is 4.12. The van der Waals surface area contributed by atoms with Crippen molar-refractivity contribution in [1.82, 2.24) is 14.9 Å². The highest BCUT2D eigenvalue weighted by molar-refractivity contribution is 7.98. The van der Waals surface area contributed by atoms with E-state index >= 15 is 0 Å². The normalized spacial score (nSPS) is 17.5. The van der Waals surface area contributed by atoms with Crippen molar-refractivity contribution in [1.29, 1.82) is 0 Å². The number of hydrogen-bond acceptors (Lipinski definition) is 7. The van der Waals surface area contributed by atoms with Crippen LogP contribution in [0.2, 0.25) is 0 Å².